The fourth-order valence-corrected chi connectivity index (χ4v) is 2.75. The molecule has 82 valence electrons. The second kappa shape index (κ2) is 3.89. The Kier molecular flexibility index (Phi) is 2.39. The maximum absolute atomic E-state index is 9.13. The first-order valence-electron chi connectivity index (χ1n) is 5.74. The van der Waals surface area contributed by atoms with Crippen molar-refractivity contribution in [2.45, 2.75) is 31.2 Å². The summed E-state index contributed by atoms with van der Waals surface area (Å²) >= 11 is 0. The molecule has 0 aromatic heterocycles. The molecule has 0 radical (unpaired) electrons. The molecule has 0 amide bonds. The fraction of sp³-hybridized carbons (Fsp3) is 0.462. The molecule has 1 unspecified atom stereocenters. The van der Waals surface area contributed by atoms with Gasteiger partial charge in [-0.3, -0.25) is 4.90 Å². The third-order valence-electron chi connectivity index (χ3n) is 3.52. The Morgan fingerprint density at radius 3 is 2.81 bits per heavy atom. The Bertz CT molecular complexity index is 412. The van der Waals surface area contributed by atoms with Crippen molar-refractivity contribution in [1.82, 2.24) is 4.90 Å². The summed E-state index contributed by atoms with van der Waals surface area (Å²) in [7, 11) is 0. The Labute approximate surface area is 95.2 Å². The molecular formula is C13H14N2O. The second-order valence-electron chi connectivity index (χ2n) is 4.38. The van der Waals surface area contributed by atoms with Crippen LogP contribution in [0.15, 0.2) is 30.3 Å². The van der Waals surface area contributed by atoms with Crippen molar-refractivity contribution < 1.29 is 4.74 Å². The standard InChI is InChI=1S/C13H14N2O/c14-8-11-6-7-13-15(11)12(9-16-13)10-4-2-1-3-5-10/h1-5,11-13H,6-7,9H2/t11-,12-,13?/m0/s1. The molecule has 0 spiro atoms. The van der Waals surface area contributed by atoms with Crippen LogP contribution in [0.3, 0.4) is 0 Å². The maximum atomic E-state index is 9.13. The summed E-state index contributed by atoms with van der Waals surface area (Å²) in [4.78, 5) is 2.23. The lowest BCUT2D eigenvalue weighted by Crippen LogP contribution is -2.33. The number of benzene rings is 1. The van der Waals surface area contributed by atoms with Crippen LogP contribution in [0.5, 0.6) is 0 Å². The molecule has 2 aliphatic heterocycles. The van der Waals surface area contributed by atoms with E-state index in [1.54, 1.807) is 0 Å². The smallest absolute Gasteiger partial charge is 0.112 e. The van der Waals surface area contributed by atoms with Gasteiger partial charge in [-0.05, 0) is 18.4 Å². The minimum atomic E-state index is 0.0257. The quantitative estimate of drug-likeness (QED) is 0.718. The van der Waals surface area contributed by atoms with E-state index in [0.717, 1.165) is 12.8 Å². The number of fused-ring (bicyclic) bond motifs is 1. The third-order valence-corrected chi connectivity index (χ3v) is 3.52. The van der Waals surface area contributed by atoms with Crippen LogP contribution in [0.25, 0.3) is 0 Å². The summed E-state index contributed by atoms with van der Waals surface area (Å²) in [6, 6.07) is 13.0. The van der Waals surface area contributed by atoms with Gasteiger partial charge >= 0.3 is 0 Å². The van der Waals surface area contributed by atoms with Gasteiger partial charge in [-0.25, -0.2) is 0 Å². The van der Waals surface area contributed by atoms with Gasteiger partial charge in [0.25, 0.3) is 0 Å². The molecule has 3 atom stereocenters. The molecule has 3 nitrogen and oxygen atoms in total. The van der Waals surface area contributed by atoms with Crippen LogP contribution in [0.4, 0.5) is 0 Å². The average Bonchev–Trinajstić information content (AvgIpc) is 2.90. The van der Waals surface area contributed by atoms with E-state index in [0.29, 0.717) is 6.61 Å². The van der Waals surface area contributed by atoms with Gasteiger partial charge in [-0.1, -0.05) is 30.3 Å². The van der Waals surface area contributed by atoms with Crippen molar-refractivity contribution >= 4 is 0 Å². The normalized spacial score (nSPS) is 33.6. The average molecular weight is 214 g/mol. The van der Waals surface area contributed by atoms with E-state index in [-0.39, 0.29) is 18.3 Å². The number of nitriles is 1. The van der Waals surface area contributed by atoms with Gasteiger partial charge in [0, 0.05) is 0 Å². The third kappa shape index (κ3) is 1.42. The van der Waals surface area contributed by atoms with E-state index in [9.17, 15) is 0 Å². The molecule has 1 aromatic carbocycles. The Morgan fingerprint density at radius 2 is 2.06 bits per heavy atom. The lowest BCUT2D eigenvalue weighted by molar-refractivity contribution is 0.0526. The monoisotopic (exact) mass is 214 g/mol. The van der Waals surface area contributed by atoms with Gasteiger partial charge in [-0.2, -0.15) is 5.26 Å². The van der Waals surface area contributed by atoms with Gasteiger partial charge in [0.1, 0.15) is 12.3 Å². The molecule has 0 aliphatic carbocycles. The van der Waals surface area contributed by atoms with Crippen LogP contribution < -0.4 is 0 Å². The molecular weight excluding hydrogens is 200 g/mol. The molecule has 3 heteroatoms. The summed E-state index contributed by atoms with van der Waals surface area (Å²) in [5, 5.41) is 9.13. The van der Waals surface area contributed by atoms with Crippen molar-refractivity contribution in [1.29, 1.82) is 5.26 Å². The topological polar surface area (TPSA) is 36.3 Å². The zero-order valence-electron chi connectivity index (χ0n) is 9.04. The van der Waals surface area contributed by atoms with Crippen LogP contribution in [0.1, 0.15) is 24.4 Å². The molecule has 2 saturated heterocycles. The van der Waals surface area contributed by atoms with Gasteiger partial charge < -0.3 is 4.74 Å². The van der Waals surface area contributed by atoms with Crippen LogP contribution in [-0.4, -0.2) is 23.8 Å². The van der Waals surface area contributed by atoms with Crippen molar-refractivity contribution in [2.75, 3.05) is 6.61 Å². The van der Waals surface area contributed by atoms with Crippen molar-refractivity contribution in [3.8, 4) is 6.07 Å². The van der Waals surface area contributed by atoms with Crippen molar-refractivity contribution in [2.24, 2.45) is 0 Å². The summed E-state index contributed by atoms with van der Waals surface area (Å²) < 4.78 is 5.75. The summed E-state index contributed by atoms with van der Waals surface area (Å²) in [5.74, 6) is 0. The highest BCUT2D eigenvalue weighted by atomic mass is 16.5. The van der Waals surface area contributed by atoms with Crippen LogP contribution in [0, 0.1) is 11.3 Å². The second-order valence-corrected chi connectivity index (χ2v) is 4.38. The van der Waals surface area contributed by atoms with E-state index in [1.807, 2.05) is 18.2 Å². The largest absolute Gasteiger partial charge is 0.361 e. The summed E-state index contributed by atoms with van der Waals surface area (Å²) in [6.45, 7) is 0.715. The summed E-state index contributed by atoms with van der Waals surface area (Å²) in [5.41, 5.74) is 1.26. The number of nitrogens with zero attached hydrogens (tertiary/aromatic N) is 2. The van der Waals surface area contributed by atoms with E-state index < -0.39 is 0 Å². The molecule has 0 bridgehead atoms. The SMILES string of the molecule is N#C[C@@H]1CCC2OC[C@@H](c3ccccc3)N21. The molecule has 1 aromatic rings. The fourth-order valence-electron chi connectivity index (χ4n) is 2.75. The molecule has 3 rings (SSSR count). The minimum absolute atomic E-state index is 0.0257. The van der Waals surface area contributed by atoms with Crippen molar-refractivity contribution in [3.63, 3.8) is 0 Å². The van der Waals surface area contributed by atoms with E-state index in [4.69, 9.17) is 10.00 Å². The Balaban J connectivity index is 1.90. The lowest BCUT2D eigenvalue weighted by atomic mass is 10.1. The summed E-state index contributed by atoms with van der Waals surface area (Å²) in [6.07, 6.45) is 2.08. The predicted octanol–water partition coefficient (Wildman–Crippen LogP) is 2.07. The molecule has 2 aliphatic rings. The van der Waals surface area contributed by atoms with Crippen LogP contribution in [-0.2, 0) is 4.74 Å². The highest BCUT2D eigenvalue weighted by Gasteiger charge is 2.44. The lowest BCUT2D eigenvalue weighted by Gasteiger charge is -2.24. The zero-order chi connectivity index (χ0) is 11.0. The number of rotatable bonds is 1. The van der Waals surface area contributed by atoms with E-state index >= 15 is 0 Å². The number of hydrogen-bond acceptors (Lipinski definition) is 3. The molecule has 2 fully saturated rings. The number of hydrogen-bond donors (Lipinski definition) is 0. The van der Waals surface area contributed by atoms with Crippen LogP contribution in [0.2, 0.25) is 0 Å². The van der Waals surface area contributed by atoms with Gasteiger partial charge in [-0.15, -0.1) is 0 Å². The van der Waals surface area contributed by atoms with E-state index in [1.165, 1.54) is 5.56 Å². The molecule has 2 heterocycles. The first-order valence-corrected chi connectivity index (χ1v) is 5.74. The first-order chi connectivity index (χ1) is 7.90. The Morgan fingerprint density at radius 1 is 1.25 bits per heavy atom. The molecule has 0 N–H and O–H groups in total. The molecule has 0 saturated carbocycles. The number of ether oxygens (including phenoxy) is 1. The van der Waals surface area contributed by atoms with Gasteiger partial charge in [0.05, 0.1) is 18.7 Å². The zero-order valence-corrected chi connectivity index (χ0v) is 9.04. The van der Waals surface area contributed by atoms with Crippen LogP contribution >= 0.6 is 0 Å². The maximum Gasteiger partial charge on any atom is 0.112 e. The first kappa shape index (κ1) is 9.83. The Hall–Kier alpha value is -1.37. The van der Waals surface area contributed by atoms with Gasteiger partial charge in [0.2, 0.25) is 0 Å². The highest BCUT2D eigenvalue weighted by molar-refractivity contribution is 5.22. The molecule has 16 heavy (non-hydrogen) atoms. The predicted molar refractivity (Wildman–Crippen MR) is 59.4 cm³/mol. The minimum Gasteiger partial charge on any atom is -0.361 e. The van der Waals surface area contributed by atoms with E-state index in [2.05, 4.69) is 23.1 Å². The highest BCUT2D eigenvalue weighted by Crippen LogP contribution is 2.39. The van der Waals surface area contributed by atoms with Crippen molar-refractivity contribution in [3.05, 3.63) is 35.9 Å². The van der Waals surface area contributed by atoms with Gasteiger partial charge in [0.15, 0.2) is 0 Å².